The number of rotatable bonds is 9. The Kier molecular flexibility index (Phi) is 7.06. The summed E-state index contributed by atoms with van der Waals surface area (Å²) < 4.78 is 16.8. The van der Waals surface area contributed by atoms with Gasteiger partial charge in [0, 0.05) is 17.0 Å². The van der Waals surface area contributed by atoms with Gasteiger partial charge in [0.15, 0.2) is 0 Å². The van der Waals surface area contributed by atoms with E-state index in [1.54, 1.807) is 42.5 Å². The summed E-state index contributed by atoms with van der Waals surface area (Å²) in [5.74, 6) is 2.27. The zero-order valence-corrected chi connectivity index (χ0v) is 23.0. The molecule has 0 bridgehead atoms. The predicted octanol–water partition coefficient (Wildman–Crippen LogP) is 8.06. The van der Waals surface area contributed by atoms with Crippen molar-refractivity contribution in [2.45, 2.75) is 49.7 Å². The number of nitrogens with zero attached hydrogens (tertiary/aromatic N) is 1. The van der Waals surface area contributed by atoms with E-state index in [4.69, 9.17) is 48.8 Å². The van der Waals surface area contributed by atoms with Crippen LogP contribution in [0.2, 0.25) is 15.1 Å². The number of benzene rings is 3. The Morgan fingerprint density at radius 3 is 2.38 bits per heavy atom. The molecule has 2 aliphatic carbocycles. The Hall–Kier alpha value is -3.03. The molecule has 6 rings (SSSR count). The van der Waals surface area contributed by atoms with E-state index in [0.717, 1.165) is 29.7 Å². The minimum absolute atomic E-state index is 0.127. The van der Waals surface area contributed by atoms with Crippen LogP contribution in [0, 0.1) is 0 Å². The van der Waals surface area contributed by atoms with Crippen LogP contribution in [0.1, 0.15) is 60.0 Å². The first-order valence-corrected chi connectivity index (χ1v) is 13.8. The molecule has 39 heavy (non-hydrogen) atoms. The highest BCUT2D eigenvalue weighted by Gasteiger charge is 2.45. The van der Waals surface area contributed by atoms with Gasteiger partial charge in [-0.05, 0) is 73.6 Å². The van der Waals surface area contributed by atoms with Crippen molar-refractivity contribution in [2.75, 3.05) is 0 Å². The molecule has 3 aromatic carbocycles. The summed E-state index contributed by atoms with van der Waals surface area (Å²) >= 11 is 19.6. The summed E-state index contributed by atoms with van der Waals surface area (Å²) in [5.41, 5.74) is 2.61. The van der Waals surface area contributed by atoms with E-state index in [0.29, 0.717) is 68.6 Å². The molecule has 4 aromatic rings. The van der Waals surface area contributed by atoms with Gasteiger partial charge in [-0.3, -0.25) is 4.79 Å². The second kappa shape index (κ2) is 10.5. The number of carbonyl (C=O) groups is 1. The summed E-state index contributed by atoms with van der Waals surface area (Å²) in [6.45, 7) is 0.607. The highest BCUT2D eigenvalue weighted by Crippen LogP contribution is 2.53. The highest BCUT2D eigenvalue weighted by atomic mass is 35.5. The van der Waals surface area contributed by atoms with Gasteiger partial charge < -0.3 is 19.1 Å². The van der Waals surface area contributed by atoms with Crippen LogP contribution >= 0.6 is 34.8 Å². The molecular weight excluding hydrogens is 561 g/mol. The lowest BCUT2D eigenvalue weighted by Gasteiger charge is -2.44. The average molecular weight is 585 g/mol. The molecule has 9 heteroatoms. The molecule has 2 fully saturated rings. The molecule has 0 aliphatic heterocycles. The van der Waals surface area contributed by atoms with Crippen LogP contribution in [0.4, 0.5) is 0 Å². The van der Waals surface area contributed by atoms with Gasteiger partial charge in [0.05, 0.1) is 26.2 Å². The molecule has 1 heterocycles. The smallest absolute Gasteiger partial charge is 0.298 e. The minimum atomic E-state index is -1.05. The van der Waals surface area contributed by atoms with Crippen LogP contribution in [0.3, 0.4) is 0 Å². The number of hydrogen-bond acceptors (Lipinski definition) is 6. The summed E-state index contributed by atoms with van der Waals surface area (Å²) in [5, 5.41) is 17.0. The van der Waals surface area contributed by atoms with Crippen molar-refractivity contribution in [3.63, 3.8) is 0 Å². The first-order chi connectivity index (χ1) is 18.9. The van der Waals surface area contributed by atoms with Crippen molar-refractivity contribution in [1.82, 2.24) is 5.16 Å². The van der Waals surface area contributed by atoms with E-state index < -0.39 is 5.60 Å². The quantitative estimate of drug-likeness (QED) is 0.200. The number of aromatic nitrogens is 1. The Bertz CT molecular complexity index is 1520. The standard InChI is InChI=1S/C30H24Cl3NO5/c31-24-5-2-6-25(32)27(24)28-22(29(39-34-28)17-7-8-17)15-37-21-9-10-23(26(33)12-21)30(36)13-19(14-30)18-3-1-4-20(11-18)38-16-35/h1-6,9-12,16-17,19,36H,7-8,13-15H2. The SMILES string of the molecule is O=COc1cccc(C2CC(O)(c3ccc(OCc4c(-c5c(Cl)cccc5Cl)noc4C4CC4)cc3Cl)C2)c1. The summed E-state index contributed by atoms with van der Waals surface area (Å²) in [6.07, 6.45) is 3.08. The van der Waals surface area contributed by atoms with Crippen molar-refractivity contribution < 1.29 is 23.9 Å². The Balaban J connectivity index is 1.18. The third kappa shape index (κ3) is 5.14. The van der Waals surface area contributed by atoms with Gasteiger partial charge in [0.25, 0.3) is 6.47 Å². The van der Waals surface area contributed by atoms with Gasteiger partial charge >= 0.3 is 0 Å². The number of hydrogen-bond donors (Lipinski definition) is 1. The maximum atomic E-state index is 11.3. The van der Waals surface area contributed by atoms with Crippen molar-refractivity contribution in [3.8, 4) is 22.8 Å². The topological polar surface area (TPSA) is 81.8 Å². The zero-order valence-electron chi connectivity index (χ0n) is 20.7. The lowest BCUT2D eigenvalue weighted by molar-refractivity contribution is -0.120. The van der Waals surface area contributed by atoms with Crippen LogP contribution in [0.15, 0.2) is 65.2 Å². The van der Waals surface area contributed by atoms with Crippen LogP contribution in [0.5, 0.6) is 11.5 Å². The molecule has 0 unspecified atom stereocenters. The van der Waals surface area contributed by atoms with E-state index in [-0.39, 0.29) is 12.5 Å². The average Bonchev–Trinajstić information content (AvgIpc) is 3.66. The van der Waals surface area contributed by atoms with Crippen LogP contribution < -0.4 is 9.47 Å². The lowest BCUT2D eigenvalue weighted by Crippen LogP contribution is -2.40. The molecule has 6 nitrogen and oxygen atoms in total. The zero-order chi connectivity index (χ0) is 27.1. The van der Waals surface area contributed by atoms with Crippen LogP contribution in [-0.2, 0) is 17.0 Å². The molecule has 1 N–H and O–H groups in total. The third-order valence-electron chi connectivity index (χ3n) is 7.47. The van der Waals surface area contributed by atoms with Crippen molar-refractivity contribution >= 4 is 41.3 Å². The molecule has 2 saturated carbocycles. The fourth-order valence-electron chi connectivity index (χ4n) is 5.28. The fourth-order valence-corrected chi connectivity index (χ4v) is 6.20. The molecule has 0 atom stereocenters. The van der Waals surface area contributed by atoms with E-state index in [1.165, 1.54) is 0 Å². The number of aliphatic hydroxyl groups is 1. The predicted molar refractivity (Wildman–Crippen MR) is 149 cm³/mol. The van der Waals surface area contributed by atoms with Gasteiger partial charge in [-0.1, -0.05) is 64.2 Å². The van der Waals surface area contributed by atoms with E-state index >= 15 is 0 Å². The van der Waals surface area contributed by atoms with E-state index in [9.17, 15) is 9.90 Å². The molecule has 2 aliphatic rings. The Labute approximate surface area is 240 Å². The van der Waals surface area contributed by atoms with E-state index in [2.05, 4.69) is 5.16 Å². The van der Waals surface area contributed by atoms with Gasteiger partial charge in [-0.15, -0.1) is 0 Å². The van der Waals surface area contributed by atoms with Gasteiger partial charge in [0.1, 0.15) is 29.6 Å². The molecular formula is C30H24Cl3NO5. The first-order valence-electron chi connectivity index (χ1n) is 12.6. The fraction of sp³-hybridized carbons (Fsp3) is 0.267. The number of halogens is 3. The van der Waals surface area contributed by atoms with E-state index in [1.807, 2.05) is 18.2 Å². The van der Waals surface area contributed by atoms with Crippen molar-refractivity contribution in [1.29, 1.82) is 0 Å². The van der Waals surface area contributed by atoms with Crippen LogP contribution in [0.25, 0.3) is 11.3 Å². The second-order valence-electron chi connectivity index (χ2n) is 10.1. The summed E-state index contributed by atoms with van der Waals surface area (Å²) in [7, 11) is 0. The molecule has 0 spiro atoms. The monoisotopic (exact) mass is 583 g/mol. The van der Waals surface area contributed by atoms with Crippen molar-refractivity contribution in [3.05, 3.63) is 98.2 Å². The van der Waals surface area contributed by atoms with Gasteiger partial charge in [-0.2, -0.15) is 0 Å². The highest BCUT2D eigenvalue weighted by molar-refractivity contribution is 6.39. The molecule has 1 aromatic heterocycles. The third-order valence-corrected chi connectivity index (χ3v) is 8.42. The lowest BCUT2D eigenvalue weighted by atomic mass is 9.65. The Morgan fingerprint density at radius 2 is 1.69 bits per heavy atom. The molecule has 0 saturated heterocycles. The minimum Gasteiger partial charge on any atom is -0.489 e. The molecule has 0 amide bonds. The molecule has 0 radical (unpaired) electrons. The maximum absolute atomic E-state index is 11.3. The maximum Gasteiger partial charge on any atom is 0.298 e. The first kappa shape index (κ1) is 26.2. The number of carbonyl (C=O) groups excluding carboxylic acids is 1. The largest absolute Gasteiger partial charge is 0.489 e. The second-order valence-corrected chi connectivity index (χ2v) is 11.3. The summed E-state index contributed by atoms with van der Waals surface area (Å²) in [4.78, 5) is 10.7. The van der Waals surface area contributed by atoms with Crippen LogP contribution in [-0.4, -0.2) is 16.7 Å². The van der Waals surface area contributed by atoms with Gasteiger partial charge in [0.2, 0.25) is 0 Å². The Morgan fingerprint density at radius 1 is 0.949 bits per heavy atom. The van der Waals surface area contributed by atoms with Gasteiger partial charge in [-0.25, -0.2) is 0 Å². The number of ether oxygens (including phenoxy) is 2. The van der Waals surface area contributed by atoms with Crippen molar-refractivity contribution in [2.24, 2.45) is 0 Å². The normalized spacial score (nSPS) is 20.4. The molecule has 200 valence electrons. The summed E-state index contributed by atoms with van der Waals surface area (Å²) in [6, 6.07) is 18.0.